The van der Waals surface area contributed by atoms with E-state index >= 15 is 0 Å². The van der Waals surface area contributed by atoms with E-state index in [0.717, 1.165) is 17.8 Å². The van der Waals surface area contributed by atoms with Crippen molar-refractivity contribution in [3.8, 4) is 0 Å². The minimum absolute atomic E-state index is 0.00879. The Hall–Kier alpha value is -1.86. The molecule has 3 nitrogen and oxygen atoms in total. The van der Waals surface area contributed by atoms with E-state index in [4.69, 9.17) is 16.3 Å². The predicted octanol–water partition coefficient (Wildman–Crippen LogP) is 5.08. The molecule has 0 atom stereocenters. The Bertz CT molecular complexity index is 744. The molecule has 1 aliphatic heterocycles. The van der Waals surface area contributed by atoms with Crippen LogP contribution in [0.15, 0.2) is 36.5 Å². The number of piperidine rings is 1. The number of pyridine rings is 1. The number of benzene rings is 1. The summed E-state index contributed by atoms with van der Waals surface area (Å²) < 4.78 is 56.8. The maximum Gasteiger partial charge on any atom is 0.417 e. The third-order valence-electron chi connectivity index (χ3n) is 4.29. The first kappa shape index (κ1) is 18.9. The Morgan fingerprint density at radius 1 is 1.15 bits per heavy atom. The van der Waals surface area contributed by atoms with Crippen molar-refractivity contribution < 1.29 is 22.3 Å². The highest BCUT2D eigenvalue weighted by Crippen LogP contribution is 2.34. The molecule has 1 aromatic carbocycles. The summed E-state index contributed by atoms with van der Waals surface area (Å²) >= 11 is 5.99. The average Bonchev–Trinajstić information content (AvgIpc) is 2.61. The van der Waals surface area contributed by atoms with Crippen molar-refractivity contribution >= 4 is 17.4 Å². The zero-order valence-corrected chi connectivity index (χ0v) is 14.5. The number of hydrogen-bond acceptors (Lipinski definition) is 3. The summed E-state index contributed by atoms with van der Waals surface area (Å²) in [5.41, 5.74) is 0.0325. The summed E-state index contributed by atoms with van der Waals surface area (Å²) in [7, 11) is 0. The quantitative estimate of drug-likeness (QED) is 0.683. The van der Waals surface area contributed by atoms with Crippen LogP contribution in [0, 0.1) is 5.82 Å². The zero-order valence-electron chi connectivity index (χ0n) is 13.8. The summed E-state index contributed by atoms with van der Waals surface area (Å²) in [6, 6.07) is 7.03. The fourth-order valence-corrected chi connectivity index (χ4v) is 3.13. The van der Waals surface area contributed by atoms with Gasteiger partial charge in [-0.1, -0.05) is 23.7 Å². The SMILES string of the molecule is Fc1ccc(COC2CCN(c3ncc(C(F)(F)F)cc3Cl)CC2)cc1. The van der Waals surface area contributed by atoms with Crippen LogP contribution in [-0.4, -0.2) is 24.2 Å². The van der Waals surface area contributed by atoms with Crippen LogP contribution in [0.2, 0.25) is 5.02 Å². The van der Waals surface area contributed by atoms with Gasteiger partial charge in [0.1, 0.15) is 11.6 Å². The van der Waals surface area contributed by atoms with Crippen LogP contribution in [0.1, 0.15) is 24.0 Å². The normalized spacial score (nSPS) is 16.1. The van der Waals surface area contributed by atoms with Crippen molar-refractivity contribution in [3.05, 3.63) is 58.5 Å². The van der Waals surface area contributed by atoms with Gasteiger partial charge in [0.2, 0.25) is 0 Å². The van der Waals surface area contributed by atoms with Gasteiger partial charge in [0, 0.05) is 19.3 Å². The van der Waals surface area contributed by atoms with Crippen LogP contribution in [0.5, 0.6) is 0 Å². The van der Waals surface area contributed by atoms with Crippen LogP contribution < -0.4 is 4.90 Å². The second-order valence-corrected chi connectivity index (χ2v) is 6.56. The molecule has 1 aromatic heterocycles. The third-order valence-corrected chi connectivity index (χ3v) is 4.57. The van der Waals surface area contributed by atoms with E-state index in [0.29, 0.717) is 38.4 Å². The molecule has 0 radical (unpaired) electrons. The second-order valence-electron chi connectivity index (χ2n) is 6.15. The third kappa shape index (κ3) is 4.65. The molecule has 0 saturated carbocycles. The fourth-order valence-electron chi connectivity index (χ4n) is 2.85. The van der Waals surface area contributed by atoms with E-state index in [1.807, 2.05) is 4.90 Å². The lowest BCUT2D eigenvalue weighted by molar-refractivity contribution is -0.137. The maximum absolute atomic E-state index is 12.9. The Balaban J connectivity index is 1.54. The van der Waals surface area contributed by atoms with E-state index in [1.54, 1.807) is 12.1 Å². The van der Waals surface area contributed by atoms with Crippen molar-refractivity contribution in [1.29, 1.82) is 0 Å². The summed E-state index contributed by atoms with van der Waals surface area (Å²) in [4.78, 5) is 5.75. The number of anilines is 1. The van der Waals surface area contributed by atoms with Gasteiger partial charge in [-0.3, -0.25) is 0 Å². The molecule has 0 N–H and O–H groups in total. The minimum Gasteiger partial charge on any atom is -0.373 e. The Kier molecular flexibility index (Phi) is 5.67. The molecule has 2 heterocycles. The van der Waals surface area contributed by atoms with Gasteiger partial charge in [-0.15, -0.1) is 0 Å². The van der Waals surface area contributed by atoms with Crippen LogP contribution >= 0.6 is 11.6 Å². The number of hydrogen-bond donors (Lipinski definition) is 0. The first-order chi connectivity index (χ1) is 12.3. The zero-order chi connectivity index (χ0) is 18.7. The molecule has 1 saturated heterocycles. The lowest BCUT2D eigenvalue weighted by Crippen LogP contribution is -2.37. The molecule has 8 heteroatoms. The molecule has 1 fully saturated rings. The molecule has 3 rings (SSSR count). The standard InChI is InChI=1S/C18H17ClF4N2O/c19-16-9-13(18(21,22)23)10-24-17(16)25-7-5-15(6-8-25)26-11-12-1-3-14(20)4-2-12/h1-4,9-10,15H,5-8,11H2. The predicted molar refractivity (Wildman–Crippen MR) is 90.7 cm³/mol. The highest BCUT2D eigenvalue weighted by atomic mass is 35.5. The molecular weight excluding hydrogens is 372 g/mol. The monoisotopic (exact) mass is 388 g/mol. The van der Waals surface area contributed by atoms with Crippen molar-refractivity contribution in [2.75, 3.05) is 18.0 Å². The minimum atomic E-state index is -4.46. The van der Waals surface area contributed by atoms with Crippen molar-refractivity contribution in [3.63, 3.8) is 0 Å². The van der Waals surface area contributed by atoms with E-state index in [-0.39, 0.29) is 16.9 Å². The number of ether oxygens (including phenoxy) is 1. The molecule has 0 spiro atoms. The molecule has 1 aliphatic rings. The summed E-state index contributed by atoms with van der Waals surface area (Å²) in [5.74, 6) is 0.0691. The molecule has 0 bridgehead atoms. The molecule has 2 aromatic rings. The van der Waals surface area contributed by atoms with Gasteiger partial charge in [0.05, 0.1) is 23.3 Å². The number of rotatable bonds is 4. The van der Waals surface area contributed by atoms with Crippen molar-refractivity contribution in [1.82, 2.24) is 4.98 Å². The van der Waals surface area contributed by atoms with Crippen LogP contribution in [0.25, 0.3) is 0 Å². The molecule has 0 unspecified atom stereocenters. The average molecular weight is 389 g/mol. The largest absolute Gasteiger partial charge is 0.417 e. The lowest BCUT2D eigenvalue weighted by atomic mass is 10.1. The van der Waals surface area contributed by atoms with Gasteiger partial charge in [-0.25, -0.2) is 9.37 Å². The highest BCUT2D eigenvalue weighted by molar-refractivity contribution is 6.33. The van der Waals surface area contributed by atoms with Crippen molar-refractivity contribution in [2.45, 2.75) is 31.7 Å². The van der Waals surface area contributed by atoms with Gasteiger partial charge in [0.15, 0.2) is 0 Å². The van der Waals surface area contributed by atoms with Crippen LogP contribution in [0.3, 0.4) is 0 Å². The van der Waals surface area contributed by atoms with E-state index < -0.39 is 11.7 Å². The van der Waals surface area contributed by atoms with Crippen LogP contribution in [-0.2, 0) is 17.5 Å². The Labute approximate surface area is 153 Å². The number of halogens is 5. The second kappa shape index (κ2) is 7.80. The van der Waals surface area contributed by atoms with E-state index in [9.17, 15) is 17.6 Å². The number of nitrogens with zero attached hydrogens (tertiary/aromatic N) is 2. The first-order valence-corrected chi connectivity index (χ1v) is 8.54. The molecule has 26 heavy (non-hydrogen) atoms. The van der Waals surface area contributed by atoms with Gasteiger partial charge < -0.3 is 9.64 Å². The van der Waals surface area contributed by atoms with Gasteiger partial charge >= 0.3 is 6.18 Å². The van der Waals surface area contributed by atoms with Gasteiger partial charge in [0.25, 0.3) is 0 Å². The highest BCUT2D eigenvalue weighted by Gasteiger charge is 2.32. The molecule has 140 valence electrons. The maximum atomic E-state index is 12.9. The van der Waals surface area contributed by atoms with Crippen molar-refractivity contribution in [2.24, 2.45) is 0 Å². The number of aromatic nitrogens is 1. The number of alkyl halides is 3. The smallest absolute Gasteiger partial charge is 0.373 e. The van der Waals surface area contributed by atoms with Crippen LogP contribution in [0.4, 0.5) is 23.4 Å². The molecule has 0 aliphatic carbocycles. The van der Waals surface area contributed by atoms with E-state index in [1.165, 1.54) is 12.1 Å². The summed E-state index contributed by atoms with van der Waals surface area (Å²) in [5, 5.41) is -0.00879. The Morgan fingerprint density at radius 3 is 2.38 bits per heavy atom. The fraction of sp³-hybridized carbons (Fsp3) is 0.389. The molecular formula is C18H17ClF4N2O. The lowest BCUT2D eigenvalue weighted by Gasteiger charge is -2.33. The first-order valence-electron chi connectivity index (χ1n) is 8.16. The Morgan fingerprint density at radius 2 is 1.81 bits per heavy atom. The summed E-state index contributed by atoms with van der Waals surface area (Å²) in [6.07, 6.45) is -2.21. The topological polar surface area (TPSA) is 25.4 Å². The summed E-state index contributed by atoms with van der Waals surface area (Å²) in [6.45, 7) is 1.57. The van der Waals surface area contributed by atoms with E-state index in [2.05, 4.69) is 4.98 Å². The van der Waals surface area contributed by atoms with Gasteiger partial charge in [-0.2, -0.15) is 13.2 Å². The van der Waals surface area contributed by atoms with Gasteiger partial charge in [-0.05, 0) is 36.6 Å². The molecule has 0 amide bonds.